The number of carboxylic acid groups (broad SMARTS) is 1. The Morgan fingerprint density at radius 3 is 1.55 bits per heavy atom. The molecule has 1 aliphatic carbocycles. The minimum Gasteiger partial charge on any atom is -0.481 e. The molecule has 0 aliphatic heterocycles. The second-order valence-electron chi connectivity index (χ2n) is 11.1. The Bertz CT molecular complexity index is 1580. The van der Waals surface area contributed by atoms with Gasteiger partial charge in [0.2, 0.25) is 0 Å². The van der Waals surface area contributed by atoms with E-state index in [0.29, 0.717) is 12.2 Å². The summed E-state index contributed by atoms with van der Waals surface area (Å²) < 4.78 is 5.22. The van der Waals surface area contributed by atoms with E-state index in [0.717, 1.165) is 38.9 Å². The molecule has 44 heavy (non-hydrogen) atoms. The lowest BCUT2D eigenvalue weighted by Gasteiger charge is -2.35. The van der Waals surface area contributed by atoms with Gasteiger partial charge >= 0.3 is 11.9 Å². The van der Waals surface area contributed by atoms with Crippen LogP contribution in [0.5, 0.6) is 0 Å². The van der Waals surface area contributed by atoms with Crippen molar-refractivity contribution in [2.45, 2.75) is 23.5 Å². The number of fused-ring (bicyclic) bond motifs is 3. The van der Waals surface area contributed by atoms with Crippen molar-refractivity contribution in [2.24, 2.45) is 5.92 Å². The van der Waals surface area contributed by atoms with Crippen molar-refractivity contribution in [3.05, 3.63) is 167 Å². The fraction of sp³-hybridized carbons (Fsp3) is 0.179. The van der Waals surface area contributed by atoms with Gasteiger partial charge in [-0.25, -0.2) is 0 Å². The van der Waals surface area contributed by atoms with E-state index in [1.807, 2.05) is 78.9 Å². The normalized spacial score (nSPS) is 13.1. The molecule has 0 amide bonds. The van der Waals surface area contributed by atoms with Crippen LogP contribution < -0.4 is 0 Å². The fourth-order valence-corrected chi connectivity index (χ4v) is 7.93. The van der Waals surface area contributed by atoms with Crippen molar-refractivity contribution >= 4 is 23.7 Å². The van der Waals surface area contributed by atoms with E-state index in [-0.39, 0.29) is 18.9 Å². The highest BCUT2D eigenvalue weighted by molar-refractivity contribution is 8.00. The Balaban J connectivity index is 1.17. The summed E-state index contributed by atoms with van der Waals surface area (Å²) >= 11 is 1.70. The Morgan fingerprint density at radius 1 is 0.659 bits per heavy atom. The van der Waals surface area contributed by atoms with Gasteiger partial charge in [0.15, 0.2) is 0 Å². The SMILES string of the molecule is O=C(C[C@@H](CCSC(c1ccccc1)(c1ccccc1)c1ccccc1)C(=O)O)OCC1c2ccccc2-c2ccccc21. The summed E-state index contributed by atoms with van der Waals surface area (Å²) in [6.45, 7) is 0.188. The highest BCUT2D eigenvalue weighted by Crippen LogP contribution is 2.49. The van der Waals surface area contributed by atoms with Crippen molar-refractivity contribution < 1.29 is 19.4 Å². The van der Waals surface area contributed by atoms with Crippen molar-refractivity contribution in [3.63, 3.8) is 0 Å². The van der Waals surface area contributed by atoms with Gasteiger partial charge in [-0.3, -0.25) is 9.59 Å². The maximum Gasteiger partial charge on any atom is 0.307 e. The van der Waals surface area contributed by atoms with Gasteiger partial charge in [0.05, 0.1) is 17.1 Å². The number of thioether (sulfide) groups is 1. The quantitative estimate of drug-likeness (QED) is 0.115. The molecule has 0 heterocycles. The van der Waals surface area contributed by atoms with E-state index in [1.54, 1.807) is 11.8 Å². The van der Waals surface area contributed by atoms with Gasteiger partial charge in [-0.2, -0.15) is 0 Å². The molecule has 5 aromatic rings. The minimum atomic E-state index is -0.983. The van der Waals surface area contributed by atoms with Crippen LogP contribution in [0.25, 0.3) is 11.1 Å². The first-order valence-electron chi connectivity index (χ1n) is 14.9. The summed E-state index contributed by atoms with van der Waals surface area (Å²) in [5.41, 5.74) is 7.92. The number of esters is 1. The zero-order valence-electron chi connectivity index (χ0n) is 24.3. The summed E-state index contributed by atoms with van der Waals surface area (Å²) in [5, 5.41) is 10.1. The molecule has 0 spiro atoms. The summed E-state index contributed by atoms with van der Waals surface area (Å²) in [7, 11) is 0. The Morgan fingerprint density at radius 2 is 1.09 bits per heavy atom. The standard InChI is InChI=1S/C39H34O4S/c40-37(43-27-36-34-22-12-10-20-32(34)33-21-11-13-23-35(33)36)26-28(38(41)42)24-25-44-39(29-14-4-1-5-15-29,30-16-6-2-7-17-30)31-18-8-3-9-19-31/h1-23,28,36H,24-27H2,(H,41,42)/t28-/m1/s1. The molecule has 1 N–H and O–H groups in total. The Kier molecular flexibility index (Phi) is 8.94. The second kappa shape index (κ2) is 13.4. The molecule has 220 valence electrons. The van der Waals surface area contributed by atoms with Crippen molar-refractivity contribution in [2.75, 3.05) is 12.4 Å². The van der Waals surface area contributed by atoms with Crippen molar-refractivity contribution in [3.8, 4) is 11.1 Å². The number of benzene rings is 5. The molecule has 1 atom stereocenters. The van der Waals surface area contributed by atoms with Crippen LogP contribution in [0.2, 0.25) is 0 Å². The number of carboxylic acids is 1. The molecule has 5 aromatic carbocycles. The van der Waals surface area contributed by atoms with Gasteiger partial charge in [0, 0.05) is 5.92 Å². The van der Waals surface area contributed by atoms with Crippen LogP contribution in [-0.2, 0) is 19.1 Å². The molecule has 0 radical (unpaired) electrons. The van der Waals surface area contributed by atoms with Crippen molar-refractivity contribution in [1.82, 2.24) is 0 Å². The molecule has 0 unspecified atom stereocenters. The zero-order valence-corrected chi connectivity index (χ0v) is 25.2. The number of rotatable bonds is 12. The average Bonchev–Trinajstić information content (AvgIpc) is 3.40. The van der Waals surface area contributed by atoms with E-state index in [4.69, 9.17) is 4.74 Å². The number of ether oxygens (including phenoxy) is 1. The summed E-state index contributed by atoms with van der Waals surface area (Å²) in [6, 6.07) is 47.3. The number of carbonyl (C=O) groups is 2. The van der Waals surface area contributed by atoms with Gasteiger partial charge < -0.3 is 9.84 Å². The summed E-state index contributed by atoms with van der Waals surface area (Å²) in [5.74, 6) is -1.84. The molecule has 0 aromatic heterocycles. The molecule has 6 rings (SSSR count). The van der Waals surface area contributed by atoms with Crippen LogP contribution in [0, 0.1) is 5.92 Å². The lowest BCUT2D eigenvalue weighted by molar-refractivity contribution is -0.151. The summed E-state index contributed by atoms with van der Waals surface area (Å²) in [4.78, 5) is 25.4. The largest absolute Gasteiger partial charge is 0.481 e. The minimum absolute atomic E-state index is 0.0617. The predicted molar refractivity (Wildman–Crippen MR) is 177 cm³/mol. The second-order valence-corrected chi connectivity index (χ2v) is 12.4. The number of hydrogen-bond acceptors (Lipinski definition) is 4. The molecule has 1 aliphatic rings. The van der Waals surface area contributed by atoms with Crippen LogP contribution in [0.3, 0.4) is 0 Å². The van der Waals surface area contributed by atoms with Gasteiger partial charge in [-0.05, 0) is 51.1 Å². The first-order valence-corrected chi connectivity index (χ1v) is 15.9. The molecule has 5 heteroatoms. The van der Waals surface area contributed by atoms with E-state index >= 15 is 0 Å². The third-order valence-electron chi connectivity index (χ3n) is 8.46. The molecule has 0 saturated carbocycles. The van der Waals surface area contributed by atoms with Crippen LogP contribution >= 0.6 is 11.8 Å². The number of carbonyl (C=O) groups excluding carboxylic acids is 1. The van der Waals surface area contributed by atoms with E-state index in [2.05, 4.69) is 60.7 Å². The Hall–Kier alpha value is -4.61. The maximum absolute atomic E-state index is 13.1. The summed E-state index contributed by atoms with van der Waals surface area (Å²) in [6.07, 6.45) is 0.166. The lowest BCUT2D eigenvalue weighted by atomic mass is 9.84. The van der Waals surface area contributed by atoms with Crippen LogP contribution in [-0.4, -0.2) is 29.4 Å². The van der Waals surface area contributed by atoms with Crippen LogP contribution in [0.4, 0.5) is 0 Å². The highest BCUT2D eigenvalue weighted by atomic mass is 32.2. The van der Waals surface area contributed by atoms with Gasteiger partial charge in [-0.1, -0.05) is 140 Å². The predicted octanol–water partition coefficient (Wildman–Crippen LogP) is 8.55. The van der Waals surface area contributed by atoms with Crippen LogP contribution in [0.1, 0.15) is 46.6 Å². The lowest BCUT2D eigenvalue weighted by Crippen LogP contribution is -2.27. The third kappa shape index (κ3) is 5.93. The molecule has 0 bridgehead atoms. The first-order chi connectivity index (χ1) is 21.6. The molecular formula is C39H34O4S. The first kappa shape index (κ1) is 29.5. The zero-order chi connectivity index (χ0) is 30.4. The monoisotopic (exact) mass is 598 g/mol. The Labute approximate surface area is 262 Å². The highest BCUT2D eigenvalue weighted by Gasteiger charge is 2.37. The van der Waals surface area contributed by atoms with Gasteiger partial charge in [0.25, 0.3) is 0 Å². The van der Waals surface area contributed by atoms with E-state index in [9.17, 15) is 14.7 Å². The fourth-order valence-electron chi connectivity index (χ4n) is 6.31. The van der Waals surface area contributed by atoms with E-state index in [1.165, 1.54) is 0 Å². The molecular weight excluding hydrogens is 564 g/mol. The third-order valence-corrected chi connectivity index (χ3v) is 10.0. The van der Waals surface area contributed by atoms with E-state index < -0.39 is 22.6 Å². The number of aliphatic carboxylic acids is 1. The molecule has 0 fully saturated rings. The van der Waals surface area contributed by atoms with Gasteiger partial charge in [0.1, 0.15) is 6.61 Å². The topological polar surface area (TPSA) is 63.6 Å². The molecule has 0 saturated heterocycles. The van der Waals surface area contributed by atoms with Gasteiger partial charge in [-0.15, -0.1) is 11.8 Å². The van der Waals surface area contributed by atoms with Crippen molar-refractivity contribution in [1.29, 1.82) is 0 Å². The molecule has 4 nitrogen and oxygen atoms in total. The number of hydrogen-bond donors (Lipinski definition) is 1. The smallest absolute Gasteiger partial charge is 0.307 e. The maximum atomic E-state index is 13.1. The average molecular weight is 599 g/mol. The van der Waals surface area contributed by atoms with Crippen LogP contribution in [0.15, 0.2) is 140 Å².